The van der Waals surface area contributed by atoms with Gasteiger partial charge in [-0.05, 0) is 96.7 Å². The highest BCUT2D eigenvalue weighted by Gasteiger charge is 2.53. The molecule has 3 aliphatic rings. The second-order valence-electron chi connectivity index (χ2n) is 16.8. The molecule has 10 aromatic rings. The van der Waals surface area contributed by atoms with Crippen LogP contribution in [0.5, 0.6) is 0 Å². The van der Waals surface area contributed by atoms with E-state index in [1.165, 1.54) is 100 Å². The Morgan fingerprint density at radius 2 is 0.952 bits per heavy atom. The Morgan fingerprint density at radius 3 is 1.66 bits per heavy atom. The van der Waals surface area contributed by atoms with Crippen molar-refractivity contribution in [1.29, 1.82) is 0 Å². The van der Waals surface area contributed by atoms with Crippen LogP contribution in [0.4, 0.5) is 28.4 Å². The summed E-state index contributed by atoms with van der Waals surface area (Å²) in [5, 5.41) is 2.48. The number of nitrogens with zero attached hydrogens (tertiary/aromatic N) is 2. The third-order valence-corrected chi connectivity index (χ3v) is 13.7. The van der Waals surface area contributed by atoms with Gasteiger partial charge in [-0.1, -0.05) is 206 Å². The molecule has 0 bridgehead atoms. The van der Waals surface area contributed by atoms with Crippen molar-refractivity contribution in [2.45, 2.75) is 5.41 Å². The summed E-state index contributed by atoms with van der Waals surface area (Å²) in [6.07, 6.45) is 0. The Balaban J connectivity index is 1.18. The van der Waals surface area contributed by atoms with Crippen LogP contribution in [-0.2, 0) is 5.41 Å². The molecule has 0 spiro atoms. The van der Waals surface area contributed by atoms with Gasteiger partial charge >= 0.3 is 6.85 Å². The number of para-hydroxylation sites is 2. The average Bonchev–Trinajstić information content (AvgIpc) is 3.36. The second kappa shape index (κ2) is 13.6. The van der Waals surface area contributed by atoms with Crippen LogP contribution in [0.2, 0.25) is 0 Å². The van der Waals surface area contributed by atoms with E-state index in [9.17, 15) is 0 Å². The standard InChI is InChI=1S/C59H39BN2/c1-5-18-40(19-6-1)42-32-35-47(36-33-42)62-57-48-27-14-13-22-43(48)34-37-49(57)50-38-44(41-20-7-2-8-21-41)39-55-56(50)60(62)53-30-17-29-52-58(53)61(55)54-31-16-15-28-51(54)59(52,45-23-9-3-10-24-45)46-25-11-4-12-26-46/h1-39H. The Bertz CT molecular complexity index is 3310. The molecule has 2 nitrogen and oxygen atoms in total. The number of benzene rings is 10. The van der Waals surface area contributed by atoms with Crippen molar-refractivity contribution >= 4 is 57.0 Å². The molecule has 288 valence electrons. The first-order chi connectivity index (χ1) is 30.8. The molecule has 0 fully saturated rings. The highest BCUT2D eigenvalue weighted by atomic mass is 15.2. The van der Waals surface area contributed by atoms with Crippen LogP contribution in [-0.4, -0.2) is 6.85 Å². The molecule has 0 amide bonds. The Labute approximate surface area is 362 Å². The molecule has 0 saturated heterocycles. The highest BCUT2D eigenvalue weighted by molar-refractivity contribution is 6.94. The van der Waals surface area contributed by atoms with Gasteiger partial charge in [0.25, 0.3) is 0 Å². The van der Waals surface area contributed by atoms with Crippen molar-refractivity contribution in [2.75, 3.05) is 9.71 Å². The molecule has 3 aliphatic heterocycles. The van der Waals surface area contributed by atoms with Gasteiger partial charge in [0, 0.05) is 33.7 Å². The van der Waals surface area contributed by atoms with Gasteiger partial charge in [-0.3, -0.25) is 0 Å². The maximum atomic E-state index is 2.67. The lowest BCUT2D eigenvalue weighted by Gasteiger charge is -2.52. The zero-order chi connectivity index (χ0) is 40.8. The van der Waals surface area contributed by atoms with Gasteiger partial charge < -0.3 is 9.71 Å². The first-order valence-electron chi connectivity index (χ1n) is 21.6. The smallest absolute Gasteiger partial charge is 0.333 e. The Morgan fingerprint density at radius 1 is 0.371 bits per heavy atom. The number of hydrogen-bond donors (Lipinski definition) is 0. The summed E-state index contributed by atoms with van der Waals surface area (Å²) in [6, 6.07) is 88.1. The average molecular weight is 787 g/mol. The summed E-state index contributed by atoms with van der Waals surface area (Å²) in [7, 11) is 0. The fraction of sp³-hybridized carbons (Fsp3) is 0.0169. The summed E-state index contributed by atoms with van der Waals surface area (Å²) >= 11 is 0. The van der Waals surface area contributed by atoms with Gasteiger partial charge in [0.2, 0.25) is 0 Å². The molecule has 0 N–H and O–H groups in total. The van der Waals surface area contributed by atoms with Gasteiger partial charge in [-0.25, -0.2) is 0 Å². The minimum absolute atomic E-state index is 0.133. The normalized spacial score (nSPS) is 13.8. The molecular weight excluding hydrogens is 747 g/mol. The van der Waals surface area contributed by atoms with Gasteiger partial charge in [0.1, 0.15) is 0 Å². The first-order valence-corrected chi connectivity index (χ1v) is 21.6. The molecule has 13 rings (SSSR count). The van der Waals surface area contributed by atoms with Crippen LogP contribution in [0.3, 0.4) is 0 Å². The predicted octanol–water partition coefficient (Wildman–Crippen LogP) is 13.6. The summed E-state index contributed by atoms with van der Waals surface area (Å²) in [4.78, 5) is 5.29. The van der Waals surface area contributed by atoms with E-state index in [0.29, 0.717) is 0 Å². The molecule has 0 aliphatic carbocycles. The molecule has 62 heavy (non-hydrogen) atoms. The molecule has 0 aromatic heterocycles. The van der Waals surface area contributed by atoms with Gasteiger partial charge in [0.15, 0.2) is 0 Å². The van der Waals surface area contributed by atoms with E-state index >= 15 is 0 Å². The molecule has 0 saturated carbocycles. The largest absolute Gasteiger partial charge is 0.376 e. The third-order valence-electron chi connectivity index (χ3n) is 13.7. The van der Waals surface area contributed by atoms with Crippen LogP contribution in [0, 0.1) is 0 Å². The number of hydrogen-bond acceptors (Lipinski definition) is 2. The lowest BCUT2D eigenvalue weighted by molar-refractivity contribution is 0.732. The molecule has 0 unspecified atom stereocenters. The van der Waals surface area contributed by atoms with Crippen LogP contribution < -0.4 is 20.6 Å². The summed E-state index contributed by atoms with van der Waals surface area (Å²) in [5.41, 5.74) is 20.5. The van der Waals surface area contributed by atoms with E-state index < -0.39 is 5.41 Å². The van der Waals surface area contributed by atoms with E-state index in [1.807, 2.05) is 0 Å². The Kier molecular flexibility index (Phi) is 7.65. The van der Waals surface area contributed by atoms with Crippen LogP contribution in [0.25, 0.3) is 44.2 Å². The van der Waals surface area contributed by atoms with E-state index in [0.717, 1.165) is 5.69 Å². The molecule has 3 heterocycles. The van der Waals surface area contributed by atoms with Crippen molar-refractivity contribution in [3.05, 3.63) is 259 Å². The van der Waals surface area contributed by atoms with Gasteiger partial charge in [0.05, 0.1) is 11.1 Å². The molecule has 10 aromatic carbocycles. The summed E-state index contributed by atoms with van der Waals surface area (Å²) in [5.74, 6) is 0. The van der Waals surface area contributed by atoms with Crippen molar-refractivity contribution in [3.8, 4) is 33.4 Å². The summed E-state index contributed by atoms with van der Waals surface area (Å²) < 4.78 is 0. The van der Waals surface area contributed by atoms with Crippen LogP contribution >= 0.6 is 0 Å². The topological polar surface area (TPSA) is 6.48 Å². The molecular formula is C59H39BN2. The maximum absolute atomic E-state index is 2.67. The van der Waals surface area contributed by atoms with Crippen molar-refractivity contribution in [1.82, 2.24) is 0 Å². The fourth-order valence-corrected chi connectivity index (χ4v) is 11.1. The molecule has 0 radical (unpaired) electrons. The maximum Gasteiger partial charge on any atom is 0.333 e. The monoisotopic (exact) mass is 786 g/mol. The lowest BCUT2D eigenvalue weighted by atomic mass is 9.42. The molecule has 0 atom stereocenters. The zero-order valence-electron chi connectivity index (χ0n) is 34.0. The van der Waals surface area contributed by atoms with Crippen molar-refractivity contribution < 1.29 is 0 Å². The minimum atomic E-state index is -0.584. The van der Waals surface area contributed by atoms with E-state index in [2.05, 4.69) is 246 Å². The van der Waals surface area contributed by atoms with Crippen LogP contribution in [0.15, 0.2) is 237 Å². The Hall–Kier alpha value is -7.88. The second-order valence-corrected chi connectivity index (χ2v) is 16.8. The summed E-state index contributed by atoms with van der Waals surface area (Å²) in [6.45, 7) is -0.133. The number of fused-ring (bicyclic) bond motifs is 8. The predicted molar refractivity (Wildman–Crippen MR) is 260 cm³/mol. The van der Waals surface area contributed by atoms with Crippen LogP contribution in [0.1, 0.15) is 22.3 Å². The van der Waals surface area contributed by atoms with E-state index in [-0.39, 0.29) is 6.85 Å². The van der Waals surface area contributed by atoms with Crippen molar-refractivity contribution in [2.24, 2.45) is 0 Å². The minimum Gasteiger partial charge on any atom is -0.376 e. The van der Waals surface area contributed by atoms with Gasteiger partial charge in [-0.2, -0.15) is 0 Å². The quantitative estimate of drug-likeness (QED) is 0.160. The number of anilines is 5. The highest BCUT2D eigenvalue weighted by Crippen LogP contribution is 2.59. The first kappa shape index (κ1) is 34.9. The zero-order valence-corrected chi connectivity index (χ0v) is 34.0. The van der Waals surface area contributed by atoms with E-state index in [4.69, 9.17) is 0 Å². The van der Waals surface area contributed by atoms with Gasteiger partial charge in [-0.15, -0.1) is 0 Å². The molecule has 3 heteroatoms. The SMILES string of the molecule is c1ccc(-c2ccc(N3B4c5cccc6c5N(c5ccccc5C6(c5ccccc5)c5ccccc5)c5cc(-c6ccccc6)cc(c54)-c4ccc5ccccc5c43)cc2)cc1. The fourth-order valence-electron chi connectivity index (χ4n) is 11.1. The van der Waals surface area contributed by atoms with Crippen molar-refractivity contribution in [3.63, 3.8) is 0 Å². The third kappa shape index (κ3) is 4.88. The lowest BCUT2D eigenvalue weighted by Crippen LogP contribution is -2.62. The number of rotatable bonds is 5. The van der Waals surface area contributed by atoms with E-state index in [1.54, 1.807) is 0 Å².